The molecule has 0 bridgehead atoms. The molecule has 1 N–H and O–H groups in total. The van der Waals surface area contributed by atoms with Gasteiger partial charge in [-0.25, -0.2) is 0 Å². The standard InChI is InChI=1S/C23H31N5O2/c1-5-30-20-8-6-19(7-9-20)28-17(3)21-16(2)25-26-23(22(21)18(28)4)24-10-11-27-12-14-29-15-13-27/h6-9H,5,10-15H2,1-4H3,(H,24,26). The van der Waals surface area contributed by atoms with Crippen molar-refractivity contribution in [1.29, 1.82) is 0 Å². The Bertz CT molecular complexity index is 1010. The van der Waals surface area contributed by atoms with Crippen LogP contribution >= 0.6 is 0 Å². The fraction of sp³-hybridized carbons (Fsp3) is 0.478. The summed E-state index contributed by atoms with van der Waals surface area (Å²) in [6.07, 6.45) is 0. The first-order chi connectivity index (χ1) is 14.6. The first kappa shape index (κ1) is 20.6. The van der Waals surface area contributed by atoms with E-state index >= 15 is 0 Å². The maximum Gasteiger partial charge on any atom is 0.158 e. The van der Waals surface area contributed by atoms with E-state index < -0.39 is 0 Å². The van der Waals surface area contributed by atoms with Gasteiger partial charge in [-0.3, -0.25) is 4.90 Å². The zero-order valence-corrected chi connectivity index (χ0v) is 18.4. The Morgan fingerprint density at radius 3 is 2.40 bits per heavy atom. The Hall–Kier alpha value is -2.64. The summed E-state index contributed by atoms with van der Waals surface area (Å²) in [4.78, 5) is 2.42. The van der Waals surface area contributed by atoms with Gasteiger partial charge in [0.2, 0.25) is 0 Å². The minimum Gasteiger partial charge on any atom is -0.494 e. The van der Waals surface area contributed by atoms with E-state index in [9.17, 15) is 0 Å². The number of morpholine rings is 1. The van der Waals surface area contributed by atoms with Crippen LogP contribution in [0.3, 0.4) is 0 Å². The second kappa shape index (κ2) is 9.02. The second-order valence-electron chi connectivity index (χ2n) is 7.70. The molecule has 2 aromatic heterocycles. The molecule has 160 valence electrons. The molecule has 3 heterocycles. The van der Waals surface area contributed by atoms with E-state index in [1.54, 1.807) is 0 Å². The van der Waals surface area contributed by atoms with Crippen LogP contribution in [0.1, 0.15) is 24.0 Å². The van der Waals surface area contributed by atoms with Crippen molar-refractivity contribution in [1.82, 2.24) is 19.7 Å². The molecule has 0 aliphatic carbocycles. The minimum atomic E-state index is 0.667. The van der Waals surface area contributed by atoms with Crippen LogP contribution in [-0.4, -0.2) is 65.7 Å². The lowest BCUT2D eigenvalue weighted by Gasteiger charge is -2.26. The number of nitrogens with one attached hydrogen (secondary N) is 1. The van der Waals surface area contributed by atoms with E-state index in [-0.39, 0.29) is 0 Å². The average molecular weight is 410 g/mol. The van der Waals surface area contributed by atoms with Gasteiger partial charge < -0.3 is 19.4 Å². The Morgan fingerprint density at radius 2 is 1.70 bits per heavy atom. The summed E-state index contributed by atoms with van der Waals surface area (Å²) in [6.45, 7) is 14.4. The number of aromatic nitrogens is 3. The van der Waals surface area contributed by atoms with Gasteiger partial charge in [0.15, 0.2) is 5.82 Å². The maximum atomic E-state index is 5.60. The van der Waals surface area contributed by atoms with Gasteiger partial charge in [-0.2, -0.15) is 5.10 Å². The minimum absolute atomic E-state index is 0.667. The van der Waals surface area contributed by atoms with Gasteiger partial charge in [-0.15, -0.1) is 5.10 Å². The summed E-state index contributed by atoms with van der Waals surface area (Å²) in [6, 6.07) is 8.25. The zero-order chi connectivity index (χ0) is 21.1. The lowest BCUT2D eigenvalue weighted by molar-refractivity contribution is 0.0398. The fourth-order valence-corrected chi connectivity index (χ4v) is 4.32. The predicted octanol–water partition coefficient (Wildman–Crippen LogP) is 3.49. The largest absolute Gasteiger partial charge is 0.494 e. The van der Waals surface area contributed by atoms with E-state index in [0.29, 0.717) is 6.61 Å². The average Bonchev–Trinajstić information content (AvgIpc) is 3.03. The lowest BCUT2D eigenvalue weighted by atomic mass is 10.1. The molecule has 1 aromatic carbocycles. The third-order valence-electron chi connectivity index (χ3n) is 5.77. The van der Waals surface area contributed by atoms with E-state index in [1.165, 1.54) is 16.8 Å². The molecule has 0 amide bonds. The number of hydrogen-bond acceptors (Lipinski definition) is 6. The molecule has 3 aromatic rings. The highest BCUT2D eigenvalue weighted by Gasteiger charge is 2.19. The smallest absolute Gasteiger partial charge is 0.158 e. The van der Waals surface area contributed by atoms with E-state index in [1.807, 2.05) is 26.0 Å². The molecule has 0 spiro atoms. The van der Waals surface area contributed by atoms with Crippen molar-refractivity contribution in [3.63, 3.8) is 0 Å². The molecule has 7 heteroatoms. The van der Waals surface area contributed by atoms with Crippen LogP contribution in [0.5, 0.6) is 5.75 Å². The summed E-state index contributed by atoms with van der Waals surface area (Å²) in [5.41, 5.74) is 4.41. The van der Waals surface area contributed by atoms with E-state index in [2.05, 4.69) is 51.0 Å². The third-order valence-corrected chi connectivity index (χ3v) is 5.77. The number of anilines is 1. The lowest BCUT2D eigenvalue weighted by Crippen LogP contribution is -2.39. The number of aryl methyl sites for hydroxylation is 3. The Kier molecular flexibility index (Phi) is 6.20. The van der Waals surface area contributed by atoms with Crippen LogP contribution in [0.15, 0.2) is 24.3 Å². The first-order valence-electron chi connectivity index (χ1n) is 10.7. The van der Waals surface area contributed by atoms with Gasteiger partial charge in [0.1, 0.15) is 5.75 Å². The summed E-state index contributed by atoms with van der Waals surface area (Å²) < 4.78 is 13.3. The van der Waals surface area contributed by atoms with Crippen molar-refractivity contribution >= 4 is 16.6 Å². The van der Waals surface area contributed by atoms with Crippen molar-refractivity contribution in [3.05, 3.63) is 41.3 Å². The van der Waals surface area contributed by atoms with Gasteiger partial charge in [-0.05, 0) is 52.0 Å². The van der Waals surface area contributed by atoms with Crippen molar-refractivity contribution in [2.45, 2.75) is 27.7 Å². The van der Waals surface area contributed by atoms with Crippen LogP contribution in [0.2, 0.25) is 0 Å². The molecular weight excluding hydrogens is 378 g/mol. The van der Waals surface area contributed by atoms with Crippen molar-refractivity contribution in [3.8, 4) is 11.4 Å². The molecule has 4 rings (SSSR count). The highest BCUT2D eigenvalue weighted by atomic mass is 16.5. The van der Waals surface area contributed by atoms with Gasteiger partial charge in [-0.1, -0.05) is 0 Å². The summed E-state index contributed by atoms with van der Waals surface area (Å²) in [5.74, 6) is 1.74. The Balaban J connectivity index is 1.64. The van der Waals surface area contributed by atoms with Crippen LogP contribution < -0.4 is 10.1 Å². The maximum absolute atomic E-state index is 5.60. The summed E-state index contributed by atoms with van der Waals surface area (Å²) in [5, 5.41) is 14.8. The fourth-order valence-electron chi connectivity index (χ4n) is 4.32. The van der Waals surface area contributed by atoms with Crippen molar-refractivity contribution in [2.24, 2.45) is 0 Å². The second-order valence-corrected chi connectivity index (χ2v) is 7.70. The van der Waals surface area contributed by atoms with E-state index in [0.717, 1.165) is 67.7 Å². The van der Waals surface area contributed by atoms with Gasteiger partial charge in [0.05, 0.1) is 25.5 Å². The SMILES string of the molecule is CCOc1ccc(-n2c(C)c3c(C)nnc(NCCN4CCOCC4)c3c2C)cc1. The molecule has 0 atom stereocenters. The normalized spacial score (nSPS) is 14.9. The van der Waals surface area contributed by atoms with Crippen LogP contribution in [0, 0.1) is 20.8 Å². The molecule has 30 heavy (non-hydrogen) atoms. The summed E-state index contributed by atoms with van der Waals surface area (Å²) in [7, 11) is 0. The molecule has 1 saturated heterocycles. The molecule has 7 nitrogen and oxygen atoms in total. The molecule has 0 radical (unpaired) electrons. The number of fused-ring (bicyclic) bond motifs is 1. The van der Waals surface area contributed by atoms with Crippen LogP contribution in [0.25, 0.3) is 16.5 Å². The van der Waals surface area contributed by atoms with Crippen LogP contribution in [0.4, 0.5) is 5.82 Å². The quantitative estimate of drug-likeness (QED) is 0.644. The molecule has 1 aliphatic rings. The molecule has 1 fully saturated rings. The Morgan fingerprint density at radius 1 is 1.00 bits per heavy atom. The summed E-state index contributed by atoms with van der Waals surface area (Å²) >= 11 is 0. The molecule has 1 aliphatic heterocycles. The highest BCUT2D eigenvalue weighted by Crippen LogP contribution is 2.34. The predicted molar refractivity (Wildman–Crippen MR) is 120 cm³/mol. The van der Waals surface area contributed by atoms with Gasteiger partial charge in [0.25, 0.3) is 0 Å². The van der Waals surface area contributed by atoms with Gasteiger partial charge in [0, 0.05) is 54.0 Å². The van der Waals surface area contributed by atoms with Gasteiger partial charge >= 0.3 is 0 Å². The highest BCUT2D eigenvalue weighted by molar-refractivity contribution is 5.98. The number of benzene rings is 1. The Labute approximate surface area is 178 Å². The zero-order valence-electron chi connectivity index (χ0n) is 18.4. The topological polar surface area (TPSA) is 64.4 Å². The first-order valence-corrected chi connectivity index (χ1v) is 10.7. The van der Waals surface area contributed by atoms with Crippen molar-refractivity contribution in [2.75, 3.05) is 51.3 Å². The number of hydrogen-bond donors (Lipinski definition) is 1. The monoisotopic (exact) mass is 409 g/mol. The number of nitrogens with zero attached hydrogens (tertiary/aromatic N) is 4. The van der Waals surface area contributed by atoms with Crippen LogP contribution in [-0.2, 0) is 4.74 Å². The van der Waals surface area contributed by atoms with E-state index in [4.69, 9.17) is 9.47 Å². The van der Waals surface area contributed by atoms with Crippen molar-refractivity contribution < 1.29 is 9.47 Å². The molecule has 0 saturated carbocycles. The number of rotatable bonds is 7. The number of ether oxygens (including phenoxy) is 2. The molecular formula is C23H31N5O2. The third kappa shape index (κ3) is 4.00. The molecule has 0 unspecified atom stereocenters.